The standard InChI is InChI=1S/C20H21FN6O2/c1-13-22-10-15(11-23-13)19(28)24-17-6-7-18-25-27(20(29)26(18)9-8-17)12-14-2-4-16(21)5-3-14/h2-5,10-11,17H,6-9,12H2,1H3,(H,24,28). The van der Waals surface area contributed by atoms with Crippen LogP contribution in [0.2, 0.25) is 0 Å². The molecular formula is C20H21FN6O2. The van der Waals surface area contributed by atoms with Crippen LogP contribution in [0.25, 0.3) is 0 Å². The van der Waals surface area contributed by atoms with Gasteiger partial charge in [-0.25, -0.2) is 23.8 Å². The van der Waals surface area contributed by atoms with Crippen LogP contribution in [0, 0.1) is 12.7 Å². The summed E-state index contributed by atoms with van der Waals surface area (Å²) in [7, 11) is 0. The number of rotatable bonds is 4. The fraction of sp³-hybridized carbons (Fsp3) is 0.350. The average Bonchev–Trinajstić information content (AvgIpc) is 2.87. The molecule has 2 aromatic heterocycles. The van der Waals surface area contributed by atoms with E-state index in [1.54, 1.807) is 23.6 Å². The maximum absolute atomic E-state index is 13.1. The van der Waals surface area contributed by atoms with Gasteiger partial charge in [0.1, 0.15) is 17.5 Å². The number of hydrogen-bond donors (Lipinski definition) is 1. The highest BCUT2D eigenvalue weighted by atomic mass is 19.1. The molecule has 1 aliphatic heterocycles. The number of benzene rings is 1. The van der Waals surface area contributed by atoms with Gasteiger partial charge in [0.05, 0.1) is 12.1 Å². The Bertz CT molecular complexity index is 1070. The minimum atomic E-state index is -0.313. The maximum Gasteiger partial charge on any atom is 0.346 e. The highest BCUT2D eigenvalue weighted by Gasteiger charge is 2.22. The number of aromatic nitrogens is 5. The normalized spacial score (nSPS) is 16.1. The van der Waals surface area contributed by atoms with Gasteiger partial charge in [-0.2, -0.15) is 5.10 Å². The van der Waals surface area contributed by atoms with Gasteiger partial charge in [0, 0.05) is 31.4 Å². The van der Waals surface area contributed by atoms with Gasteiger partial charge >= 0.3 is 5.69 Å². The number of nitrogens with one attached hydrogen (secondary N) is 1. The summed E-state index contributed by atoms with van der Waals surface area (Å²) in [5.41, 5.74) is 1.04. The van der Waals surface area contributed by atoms with Gasteiger partial charge in [0.2, 0.25) is 0 Å². The van der Waals surface area contributed by atoms with Crippen molar-refractivity contribution in [3.8, 4) is 0 Å². The van der Waals surface area contributed by atoms with Crippen LogP contribution in [0.5, 0.6) is 0 Å². The van der Waals surface area contributed by atoms with Gasteiger partial charge in [-0.1, -0.05) is 12.1 Å². The van der Waals surface area contributed by atoms with E-state index < -0.39 is 0 Å². The molecular weight excluding hydrogens is 375 g/mol. The maximum atomic E-state index is 13.1. The van der Waals surface area contributed by atoms with Crippen LogP contribution in [0.15, 0.2) is 41.5 Å². The first-order valence-corrected chi connectivity index (χ1v) is 9.50. The summed E-state index contributed by atoms with van der Waals surface area (Å²) in [6.07, 6.45) is 4.92. The Balaban J connectivity index is 1.42. The van der Waals surface area contributed by atoms with E-state index in [9.17, 15) is 14.0 Å². The van der Waals surface area contributed by atoms with E-state index in [0.29, 0.717) is 49.6 Å². The topological polar surface area (TPSA) is 94.7 Å². The van der Waals surface area contributed by atoms with Crippen molar-refractivity contribution in [2.45, 2.75) is 45.3 Å². The Morgan fingerprint density at radius 1 is 1.21 bits per heavy atom. The molecule has 3 heterocycles. The molecule has 4 rings (SSSR count). The van der Waals surface area contributed by atoms with E-state index >= 15 is 0 Å². The van der Waals surface area contributed by atoms with Gasteiger partial charge in [0.25, 0.3) is 5.91 Å². The fourth-order valence-corrected chi connectivity index (χ4v) is 3.42. The summed E-state index contributed by atoms with van der Waals surface area (Å²) in [6.45, 7) is 2.54. The molecule has 0 aliphatic carbocycles. The zero-order chi connectivity index (χ0) is 20.4. The highest BCUT2D eigenvalue weighted by molar-refractivity contribution is 5.93. The Morgan fingerprint density at radius 3 is 2.66 bits per heavy atom. The molecule has 1 atom stereocenters. The lowest BCUT2D eigenvalue weighted by Crippen LogP contribution is -2.36. The van der Waals surface area contributed by atoms with Crippen LogP contribution in [-0.2, 0) is 19.5 Å². The van der Waals surface area contributed by atoms with Gasteiger partial charge in [0.15, 0.2) is 0 Å². The number of carbonyl (C=O) groups is 1. The summed E-state index contributed by atoms with van der Waals surface area (Å²) in [6, 6.07) is 5.97. The third-order valence-electron chi connectivity index (χ3n) is 5.04. The lowest BCUT2D eigenvalue weighted by molar-refractivity contribution is 0.0932. The van der Waals surface area contributed by atoms with E-state index in [4.69, 9.17) is 0 Å². The largest absolute Gasteiger partial charge is 0.349 e. The van der Waals surface area contributed by atoms with E-state index in [1.165, 1.54) is 29.2 Å². The molecule has 0 radical (unpaired) electrons. The highest BCUT2D eigenvalue weighted by Crippen LogP contribution is 2.13. The van der Waals surface area contributed by atoms with E-state index in [1.807, 2.05) is 0 Å². The van der Waals surface area contributed by atoms with Crippen molar-refractivity contribution in [2.75, 3.05) is 0 Å². The van der Waals surface area contributed by atoms with Crippen molar-refractivity contribution in [1.82, 2.24) is 29.6 Å². The predicted octanol–water partition coefficient (Wildman–Crippen LogP) is 1.47. The second kappa shape index (κ2) is 7.94. The lowest BCUT2D eigenvalue weighted by Gasteiger charge is -2.15. The van der Waals surface area contributed by atoms with E-state index in [-0.39, 0.29) is 23.5 Å². The first-order valence-electron chi connectivity index (χ1n) is 9.50. The molecule has 1 amide bonds. The molecule has 0 fully saturated rings. The van der Waals surface area contributed by atoms with Crippen molar-refractivity contribution < 1.29 is 9.18 Å². The number of halogens is 1. The van der Waals surface area contributed by atoms with Gasteiger partial charge < -0.3 is 5.32 Å². The molecule has 150 valence electrons. The van der Waals surface area contributed by atoms with Gasteiger partial charge in [-0.3, -0.25) is 9.36 Å². The molecule has 0 bridgehead atoms. The van der Waals surface area contributed by atoms with Crippen molar-refractivity contribution in [3.05, 3.63) is 75.7 Å². The second-order valence-corrected chi connectivity index (χ2v) is 7.15. The van der Waals surface area contributed by atoms with Crippen LogP contribution in [-0.4, -0.2) is 36.3 Å². The number of fused-ring (bicyclic) bond motifs is 1. The smallest absolute Gasteiger partial charge is 0.346 e. The van der Waals surface area contributed by atoms with Crippen molar-refractivity contribution >= 4 is 5.91 Å². The lowest BCUT2D eigenvalue weighted by atomic mass is 10.1. The summed E-state index contributed by atoms with van der Waals surface area (Å²) in [4.78, 5) is 33.2. The Hall–Kier alpha value is -3.36. The van der Waals surface area contributed by atoms with E-state index in [2.05, 4.69) is 20.4 Å². The number of carbonyl (C=O) groups excluding carboxylic acids is 1. The van der Waals surface area contributed by atoms with Gasteiger partial charge in [-0.05, 0) is 37.5 Å². The number of amides is 1. The minimum Gasteiger partial charge on any atom is -0.349 e. The average molecular weight is 396 g/mol. The van der Waals surface area contributed by atoms with Crippen molar-refractivity contribution in [3.63, 3.8) is 0 Å². The first-order chi connectivity index (χ1) is 14.0. The monoisotopic (exact) mass is 396 g/mol. The Labute approximate surface area is 166 Å². The van der Waals surface area contributed by atoms with Crippen molar-refractivity contribution in [1.29, 1.82) is 0 Å². The molecule has 29 heavy (non-hydrogen) atoms. The summed E-state index contributed by atoms with van der Waals surface area (Å²) in [5, 5.41) is 7.44. The Morgan fingerprint density at radius 2 is 1.93 bits per heavy atom. The molecule has 0 spiro atoms. The minimum absolute atomic E-state index is 0.0598. The summed E-state index contributed by atoms with van der Waals surface area (Å²) >= 11 is 0. The Kier molecular flexibility index (Phi) is 5.20. The van der Waals surface area contributed by atoms with E-state index in [0.717, 1.165) is 5.56 Å². The molecule has 1 N–H and O–H groups in total. The summed E-state index contributed by atoms with van der Waals surface area (Å²) in [5.74, 6) is 0.779. The zero-order valence-corrected chi connectivity index (χ0v) is 16.0. The quantitative estimate of drug-likeness (QED) is 0.721. The van der Waals surface area contributed by atoms with Crippen LogP contribution in [0.3, 0.4) is 0 Å². The third-order valence-corrected chi connectivity index (χ3v) is 5.04. The first kappa shape index (κ1) is 19.0. The molecule has 0 saturated carbocycles. The number of nitrogens with zero attached hydrogens (tertiary/aromatic N) is 5. The zero-order valence-electron chi connectivity index (χ0n) is 16.0. The molecule has 3 aromatic rings. The predicted molar refractivity (Wildman–Crippen MR) is 103 cm³/mol. The molecule has 8 nitrogen and oxygen atoms in total. The summed E-state index contributed by atoms with van der Waals surface area (Å²) < 4.78 is 16.1. The molecule has 1 aromatic carbocycles. The van der Waals surface area contributed by atoms with Crippen LogP contribution < -0.4 is 11.0 Å². The molecule has 1 unspecified atom stereocenters. The van der Waals surface area contributed by atoms with Crippen LogP contribution >= 0.6 is 0 Å². The molecule has 1 aliphatic rings. The molecule has 0 saturated heterocycles. The fourth-order valence-electron chi connectivity index (χ4n) is 3.42. The SMILES string of the molecule is Cc1ncc(C(=O)NC2CCc3nn(Cc4ccc(F)cc4)c(=O)n3CC2)cn1. The number of aryl methyl sites for hydroxylation is 2. The van der Waals surface area contributed by atoms with Crippen LogP contribution in [0.4, 0.5) is 4.39 Å². The third kappa shape index (κ3) is 4.23. The molecule has 9 heteroatoms. The number of hydrogen-bond acceptors (Lipinski definition) is 5. The second-order valence-electron chi connectivity index (χ2n) is 7.15. The van der Waals surface area contributed by atoms with Crippen molar-refractivity contribution in [2.24, 2.45) is 0 Å². The van der Waals surface area contributed by atoms with Gasteiger partial charge in [-0.15, -0.1) is 0 Å². The van der Waals surface area contributed by atoms with Crippen LogP contribution in [0.1, 0.15) is 40.4 Å².